The molecule has 3 aliphatic rings. The van der Waals surface area contributed by atoms with Crippen molar-refractivity contribution in [3.63, 3.8) is 0 Å². The summed E-state index contributed by atoms with van der Waals surface area (Å²) in [7, 11) is 0. The maximum absolute atomic E-state index is 16.3. The molecule has 0 aromatic heterocycles. The molecule has 208 valence electrons. The number of para-hydroxylation sites is 1. The first-order chi connectivity index (χ1) is 21.1. The molecule has 0 bridgehead atoms. The molecule has 43 heavy (non-hydrogen) atoms. The van der Waals surface area contributed by atoms with Crippen LogP contribution in [0.3, 0.4) is 0 Å². The van der Waals surface area contributed by atoms with Crippen molar-refractivity contribution < 1.29 is 8.78 Å². The summed E-state index contributed by atoms with van der Waals surface area (Å²) in [5, 5.41) is 6.75. The van der Waals surface area contributed by atoms with Gasteiger partial charge in [0.25, 0.3) is 5.92 Å². The molecule has 0 saturated heterocycles. The van der Waals surface area contributed by atoms with Gasteiger partial charge in [-0.05, 0) is 40.5 Å². The zero-order chi connectivity index (χ0) is 29.0. The van der Waals surface area contributed by atoms with E-state index in [4.69, 9.17) is 9.98 Å². The average Bonchev–Trinajstić information content (AvgIpc) is 3.30. The lowest BCUT2D eigenvalue weighted by Gasteiger charge is -2.24. The van der Waals surface area contributed by atoms with E-state index in [2.05, 4.69) is 15.6 Å². The summed E-state index contributed by atoms with van der Waals surface area (Å²) in [5.41, 5.74) is 6.64. The van der Waals surface area contributed by atoms with Gasteiger partial charge in [-0.1, -0.05) is 97.1 Å². The quantitative estimate of drug-likeness (QED) is 0.231. The van der Waals surface area contributed by atoms with Crippen molar-refractivity contribution in [3.05, 3.63) is 143 Å². The van der Waals surface area contributed by atoms with Crippen molar-refractivity contribution in [1.82, 2.24) is 5.32 Å². The predicted molar refractivity (Wildman–Crippen MR) is 169 cm³/mol. The highest BCUT2D eigenvalue weighted by Crippen LogP contribution is 2.52. The lowest BCUT2D eigenvalue weighted by Crippen LogP contribution is -2.33. The van der Waals surface area contributed by atoms with Crippen molar-refractivity contribution in [2.75, 3.05) is 11.9 Å². The Morgan fingerprint density at radius 2 is 1.37 bits per heavy atom. The Morgan fingerprint density at radius 3 is 2.14 bits per heavy atom. The molecule has 1 unspecified atom stereocenters. The number of amidine groups is 2. The van der Waals surface area contributed by atoms with Crippen molar-refractivity contribution in [3.8, 4) is 22.3 Å². The lowest BCUT2D eigenvalue weighted by molar-refractivity contribution is 0.0480. The summed E-state index contributed by atoms with van der Waals surface area (Å²) >= 11 is 0. The molecule has 5 nitrogen and oxygen atoms in total. The zero-order valence-electron chi connectivity index (χ0n) is 22.9. The summed E-state index contributed by atoms with van der Waals surface area (Å²) in [6.45, 7) is 0.596. The van der Waals surface area contributed by atoms with Gasteiger partial charge in [-0.3, -0.25) is 4.99 Å². The SMILES string of the molecule is FC1(F)c2cc(C3=NC(c4ccccc4)NC(c4ccccc4)=N3)ccc2-c2ccc(-c3cccc4c3NCC=N4)cc21. The Bertz CT molecular complexity index is 1980. The number of halogens is 2. The number of aliphatic imine (C=N–C) groups is 3. The summed E-state index contributed by atoms with van der Waals surface area (Å²) in [6, 6.07) is 35.8. The van der Waals surface area contributed by atoms with E-state index in [1.807, 2.05) is 91.0 Å². The third-order valence-electron chi connectivity index (χ3n) is 8.12. The number of fused-ring (bicyclic) bond motifs is 4. The number of rotatable bonds is 4. The number of hydrogen-bond acceptors (Lipinski definition) is 5. The molecule has 1 aliphatic carbocycles. The molecule has 0 radical (unpaired) electrons. The molecular weight excluding hydrogens is 540 g/mol. The van der Waals surface area contributed by atoms with Crippen molar-refractivity contribution >= 4 is 29.3 Å². The normalized spacial score (nSPS) is 17.5. The summed E-state index contributed by atoms with van der Waals surface area (Å²) < 4.78 is 32.5. The largest absolute Gasteiger partial charge is 0.378 e. The molecule has 0 spiro atoms. The second-order valence-corrected chi connectivity index (χ2v) is 10.7. The minimum absolute atomic E-state index is 0.00282. The first kappa shape index (κ1) is 25.3. The van der Waals surface area contributed by atoms with E-state index in [-0.39, 0.29) is 11.1 Å². The highest BCUT2D eigenvalue weighted by Gasteiger charge is 2.45. The number of benzene rings is 5. The Labute approximate surface area is 247 Å². The minimum atomic E-state index is -3.19. The van der Waals surface area contributed by atoms with E-state index in [1.54, 1.807) is 30.5 Å². The van der Waals surface area contributed by atoms with Crippen LogP contribution in [0.1, 0.15) is 34.0 Å². The Morgan fingerprint density at radius 1 is 0.674 bits per heavy atom. The van der Waals surface area contributed by atoms with E-state index in [1.165, 1.54) is 0 Å². The number of nitrogens with zero attached hydrogens (tertiary/aromatic N) is 3. The van der Waals surface area contributed by atoms with Crippen LogP contribution in [0.4, 0.5) is 20.2 Å². The highest BCUT2D eigenvalue weighted by atomic mass is 19.3. The smallest absolute Gasteiger partial charge is 0.299 e. The number of anilines is 1. The fraction of sp³-hybridized carbons (Fsp3) is 0.0833. The van der Waals surface area contributed by atoms with Crippen molar-refractivity contribution in [2.24, 2.45) is 15.0 Å². The van der Waals surface area contributed by atoms with E-state index >= 15 is 8.78 Å². The maximum Gasteiger partial charge on any atom is 0.299 e. The molecule has 2 heterocycles. The van der Waals surface area contributed by atoms with Gasteiger partial charge in [-0.2, -0.15) is 8.78 Å². The Kier molecular flexibility index (Phi) is 5.79. The van der Waals surface area contributed by atoms with Crippen LogP contribution in [-0.2, 0) is 5.92 Å². The van der Waals surface area contributed by atoms with Crippen LogP contribution >= 0.6 is 0 Å². The predicted octanol–water partition coefficient (Wildman–Crippen LogP) is 8.10. The topological polar surface area (TPSA) is 61.1 Å². The third kappa shape index (κ3) is 4.24. The standard InChI is InChI=1S/C36H25F2N5/c37-36(38)29-20-24(26-12-7-13-31-32(26)40-19-18-39-31)14-16-27(29)28-17-15-25(21-30(28)36)35-42-33(22-8-3-1-4-9-22)41-34(43-35)23-10-5-2-6-11-23/h1-18,20-21,33,40H,19H2,(H,41,42,43). The Hall–Kier alpha value is -5.43. The van der Waals surface area contributed by atoms with Gasteiger partial charge < -0.3 is 10.6 Å². The molecule has 1 atom stereocenters. The molecule has 5 aromatic carbocycles. The highest BCUT2D eigenvalue weighted by molar-refractivity contribution is 6.13. The van der Waals surface area contributed by atoms with E-state index in [0.29, 0.717) is 34.9 Å². The Balaban J connectivity index is 1.21. The fourth-order valence-electron chi connectivity index (χ4n) is 6.02. The van der Waals surface area contributed by atoms with Crippen LogP contribution in [-0.4, -0.2) is 24.4 Å². The second-order valence-electron chi connectivity index (χ2n) is 10.7. The van der Waals surface area contributed by atoms with Crippen LogP contribution < -0.4 is 10.6 Å². The molecule has 2 N–H and O–H groups in total. The van der Waals surface area contributed by atoms with Gasteiger partial charge in [0, 0.05) is 34.0 Å². The van der Waals surface area contributed by atoms with Crippen molar-refractivity contribution in [2.45, 2.75) is 12.1 Å². The summed E-state index contributed by atoms with van der Waals surface area (Å²) in [6.07, 6.45) is 1.39. The molecule has 7 heteroatoms. The lowest BCUT2D eigenvalue weighted by atomic mass is 9.96. The van der Waals surface area contributed by atoms with Gasteiger partial charge in [0.1, 0.15) is 12.0 Å². The van der Waals surface area contributed by atoms with E-state index in [0.717, 1.165) is 33.6 Å². The first-order valence-corrected chi connectivity index (χ1v) is 14.2. The molecule has 8 rings (SSSR count). The van der Waals surface area contributed by atoms with Crippen LogP contribution in [0, 0.1) is 0 Å². The molecule has 0 saturated carbocycles. The van der Waals surface area contributed by atoms with Gasteiger partial charge in [0.2, 0.25) is 0 Å². The molecule has 2 aliphatic heterocycles. The number of hydrogen-bond donors (Lipinski definition) is 2. The van der Waals surface area contributed by atoms with E-state index < -0.39 is 12.1 Å². The van der Waals surface area contributed by atoms with Crippen molar-refractivity contribution in [1.29, 1.82) is 0 Å². The molecule has 0 amide bonds. The van der Waals surface area contributed by atoms with Crippen LogP contribution in [0.25, 0.3) is 22.3 Å². The fourth-order valence-corrected chi connectivity index (χ4v) is 6.02. The summed E-state index contributed by atoms with van der Waals surface area (Å²) in [5.74, 6) is -2.14. The first-order valence-electron chi connectivity index (χ1n) is 14.2. The van der Waals surface area contributed by atoms with Crippen LogP contribution in [0.2, 0.25) is 0 Å². The van der Waals surface area contributed by atoms with Gasteiger partial charge in [0.15, 0.2) is 5.84 Å². The number of alkyl halides is 2. The molecule has 5 aromatic rings. The third-order valence-corrected chi connectivity index (χ3v) is 8.12. The number of nitrogens with one attached hydrogen (secondary N) is 2. The van der Waals surface area contributed by atoms with Gasteiger partial charge >= 0.3 is 0 Å². The average molecular weight is 566 g/mol. The minimum Gasteiger partial charge on any atom is -0.378 e. The van der Waals surface area contributed by atoms with E-state index in [9.17, 15) is 0 Å². The maximum atomic E-state index is 16.3. The van der Waals surface area contributed by atoms with Gasteiger partial charge in [0.05, 0.1) is 17.9 Å². The zero-order valence-corrected chi connectivity index (χ0v) is 22.9. The molecule has 0 fully saturated rings. The second kappa shape index (κ2) is 9.84. The van der Waals surface area contributed by atoms with Gasteiger partial charge in [-0.15, -0.1) is 0 Å². The van der Waals surface area contributed by atoms with Crippen LogP contribution in [0.5, 0.6) is 0 Å². The van der Waals surface area contributed by atoms with Crippen LogP contribution in [0.15, 0.2) is 130 Å². The van der Waals surface area contributed by atoms with Gasteiger partial charge in [-0.25, -0.2) is 9.98 Å². The summed E-state index contributed by atoms with van der Waals surface area (Å²) in [4.78, 5) is 14.1. The monoisotopic (exact) mass is 565 g/mol. The molecular formula is C36H25F2N5.